The highest BCUT2D eigenvalue weighted by atomic mass is 16.2. The summed E-state index contributed by atoms with van der Waals surface area (Å²) in [5, 5.41) is 3.15. The SMILES string of the molecule is CC#Cc1cc(C)c(C2C(=O)CC3(C=CNCC3)CC2=O)c(C)c1. The van der Waals surface area contributed by atoms with E-state index in [0.717, 1.165) is 35.2 Å². The first-order valence-electron chi connectivity index (χ1n) is 8.46. The number of hydrogen-bond donors (Lipinski definition) is 1. The van der Waals surface area contributed by atoms with Gasteiger partial charge in [-0.1, -0.05) is 12.0 Å². The van der Waals surface area contributed by atoms with Gasteiger partial charge in [-0.25, -0.2) is 0 Å². The molecule has 0 radical (unpaired) electrons. The van der Waals surface area contributed by atoms with Crippen LogP contribution >= 0.6 is 0 Å². The summed E-state index contributed by atoms with van der Waals surface area (Å²) in [6, 6.07) is 3.96. The molecule has 1 aromatic carbocycles. The average molecular weight is 321 g/mol. The van der Waals surface area contributed by atoms with Crippen LogP contribution in [0.2, 0.25) is 0 Å². The fourth-order valence-electron chi connectivity index (χ4n) is 4.13. The normalized spacial score (nSPS) is 26.0. The van der Waals surface area contributed by atoms with E-state index in [2.05, 4.69) is 17.2 Å². The zero-order chi connectivity index (χ0) is 17.3. The molecule has 1 fully saturated rings. The van der Waals surface area contributed by atoms with Gasteiger partial charge >= 0.3 is 0 Å². The van der Waals surface area contributed by atoms with Gasteiger partial charge in [0.05, 0.1) is 0 Å². The minimum atomic E-state index is -0.609. The summed E-state index contributed by atoms with van der Waals surface area (Å²) in [5.74, 6) is 5.45. The first kappa shape index (κ1) is 16.5. The molecule has 0 amide bonds. The number of allylic oxidation sites excluding steroid dienone is 1. The molecule has 3 nitrogen and oxygen atoms in total. The summed E-state index contributed by atoms with van der Waals surface area (Å²) in [7, 11) is 0. The minimum absolute atomic E-state index is 0.0540. The van der Waals surface area contributed by atoms with Gasteiger partial charge in [-0.3, -0.25) is 9.59 Å². The zero-order valence-corrected chi connectivity index (χ0v) is 14.5. The number of hydrogen-bond acceptors (Lipinski definition) is 3. The van der Waals surface area contributed by atoms with E-state index in [0.29, 0.717) is 12.8 Å². The van der Waals surface area contributed by atoms with Crippen molar-refractivity contribution in [2.75, 3.05) is 6.54 Å². The van der Waals surface area contributed by atoms with Gasteiger partial charge in [-0.05, 0) is 62.2 Å². The summed E-state index contributed by atoms with van der Waals surface area (Å²) in [4.78, 5) is 25.8. The van der Waals surface area contributed by atoms with E-state index in [1.54, 1.807) is 6.92 Å². The van der Waals surface area contributed by atoms with Gasteiger partial charge in [-0.15, -0.1) is 5.92 Å². The maximum absolute atomic E-state index is 12.9. The Labute approximate surface area is 143 Å². The maximum atomic E-state index is 12.9. The molecular formula is C21H23NO2. The molecule has 1 saturated carbocycles. The molecule has 0 atom stereocenters. The van der Waals surface area contributed by atoms with Crippen molar-refractivity contribution in [2.45, 2.75) is 46.0 Å². The van der Waals surface area contributed by atoms with E-state index in [9.17, 15) is 9.59 Å². The van der Waals surface area contributed by atoms with Crippen LogP contribution < -0.4 is 5.32 Å². The monoisotopic (exact) mass is 321 g/mol. The van der Waals surface area contributed by atoms with Crippen molar-refractivity contribution in [1.82, 2.24) is 5.32 Å². The van der Waals surface area contributed by atoms with Gasteiger partial charge in [-0.2, -0.15) is 0 Å². The van der Waals surface area contributed by atoms with E-state index in [1.165, 1.54) is 0 Å². The molecule has 3 heteroatoms. The first-order valence-corrected chi connectivity index (χ1v) is 8.46. The van der Waals surface area contributed by atoms with Crippen LogP contribution in [0.4, 0.5) is 0 Å². The maximum Gasteiger partial charge on any atom is 0.148 e. The lowest BCUT2D eigenvalue weighted by Gasteiger charge is -2.38. The molecular weight excluding hydrogens is 298 g/mol. The number of ketones is 2. The molecule has 1 aliphatic heterocycles. The van der Waals surface area contributed by atoms with Crippen molar-refractivity contribution in [2.24, 2.45) is 5.41 Å². The zero-order valence-electron chi connectivity index (χ0n) is 14.5. The Morgan fingerprint density at radius 3 is 2.25 bits per heavy atom. The number of rotatable bonds is 1. The third kappa shape index (κ3) is 2.89. The van der Waals surface area contributed by atoms with Crippen molar-refractivity contribution in [3.63, 3.8) is 0 Å². The fraction of sp³-hybridized carbons (Fsp3) is 0.429. The summed E-state index contributed by atoms with van der Waals surface area (Å²) < 4.78 is 0. The lowest BCUT2D eigenvalue weighted by molar-refractivity contribution is -0.135. The van der Waals surface area contributed by atoms with Gasteiger partial charge in [0.1, 0.15) is 17.5 Å². The van der Waals surface area contributed by atoms with E-state index in [-0.39, 0.29) is 17.0 Å². The van der Waals surface area contributed by atoms with Crippen molar-refractivity contribution < 1.29 is 9.59 Å². The van der Waals surface area contributed by atoms with Crippen molar-refractivity contribution in [3.05, 3.63) is 46.7 Å². The minimum Gasteiger partial charge on any atom is -0.391 e. The van der Waals surface area contributed by atoms with Gasteiger partial charge < -0.3 is 5.32 Å². The van der Waals surface area contributed by atoms with Crippen molar-refractivity contribution in [3.8, 4) is 11.8 Å². The Hall–Kier alpha value is -2.34. The summed E-state index contributed by atoms with van der Waals surface area (Å²) in [6.45, 7) is 6.57. The first-order chi connectivity index (χ1) is 11.5. The van der Waals surface area contributed by atoms with Crippen LogP contribution in [0.1, 0.15) is 54.4 Å². The third-order valence-electron chi connectivity index (χ3n) is 5.17. The van der Waals surface area contributed by atoms with E-state index in [4.69, 9.17) is 0 Å². The van der Waals surface area contributed by atoms with E-state index < -0.39 is 5.92 Å². The van der Waals surface area contributed by atoms with Crippen LogP contribution in [0.15, 0.2) is 24.4 Å². The lowest BCUT2D eigenvalue weighted by Crippen LogP contribution is -2.41. The van der Waals surface area contributed by atoms with Gasteiger partial charge in [0.2, 0.25) is 0 Å². The quantitative estimate of drug-likeness (QED) is 0.638. The fourth-order valence-corrected chi connectivity index (χ4v) is 4.13. The Balaban J connectivity index is 1.97. The number of benzene rings is 1. The smallest absolute Gasteiger partial charge is 0.148 e. The third-order valence-corrected chi connectivity index (χ3v) is 5.17. The van der Waals surface area contributed by atoms with Gasteiger partial charge in [0.25, 0.3) is 0 Å². The van der Waals surface area contributed by atoms with Crippen LogP contribution in [-0.4, -0.2) is 18.1 Å². The predicted octanol–water partition coefficient (Wildman–Crippen LogP) is 3.18. The number of carbonyl (C=O) groups excluding carboxylic acids is 2. The highest BCUT2D eigenvalue weighted by Gasteiger charge is 2.45. The molecule has 124 valence electrons. The van der Waals surface area contributed by atoms with Crippen LogP contribution in [0.5, 0.6) is 0 Å². The summed E-state index contributed by atoms with van der Waals surface area (Å²) in [5.41, 5.74) is 3.52. The van der Waals surface area contributed by atoms with E-state index in [1.807, 2.05) is 38.3 Å². The predicted molar refractivity (Wildman–Crippen MR) is 94.6 cm³/mol. The summed E-state index contributed by atoms with van der Waals surface area (Å²) in [6.07, 6.45) is 5.66. The van der Waals surface area contributed by atoms with Crippen molar-refractivity contribution in [1.29, 1.82) is 0 Å². The topological polar surface area (TPSA) is 46.2 Å². The molecule has 3 rings (SSSR count). The van der Waals surface area contributed by atoms with E-state index >= 15 is 0 Å². The molecule has 1 N–H and O–H groups in total. The second-order valence-electron chi connectivity index (χ2n) is 7.02. The molecule has 0 bridgehead atoms. The lowest BCUT2D eigenvalue weighted by atomic mass is 9.64. The molecule has 24 heavy (non-hydrogen) atoms. The molecule has 0 saturated heterocycles. The molecule has 0 aromatic heterocycles. The Morgan fingerprint density at radius 2 is 1.75 bits per heavy atom. The standard InChI is InChI=1S/C21H23NO2/c1-4-5-16-10-14(2)19(15(3)11-16)20-17(23)12-21(13-18(20)24)6-8-22-9-7-21/h6,8,10-11,20,22H,7,9,12-13H2,1-3H3. The highest BCUT2D eigenvalue weighted by Crippen LogP contribution is 2.44. The molecule has 0 unspecified atom stereocenters. The molecule has 1 heterocycles. The second kappa shape index (κ2) is 6.28. The number of nitrogens with one attached hydrogen (secondary N) is 1. The van der Waals surface area contributed by atoms with Crippen LogP contribution in [0.3, 0.4) is 0 Å². The van der Waals surface area contributed by atoms with Crippen LogP contribution in [0, 0.1) is 31.1 Å². The van der Waals surface area contributed by atoms with Crippen molar-refractivity contribution >= 4 is 11.6 Å². The molecule has 2 aliphatic rings. The highest BCUT2D eigenvalue weighted by molar-refractivity contribution is 6.10. The van der Waals surface area contributed by atoms with Gasteiger partial charge in [0.15, 0.2) is 0 Å². The average Bonchev–Trinajstić information content (AvgIpc) is 2.50. The number of Topliss-reactive ketones (excluding diaryl/α,β-unsaturated/α-hetero) is 2. The van der Waals surface area contributed by atoms with Gasteiger partial charge in [0, 0.05) is 30.4 Å². The second-order valence-corrected chi connectivity index (χ2v) is 7.02. The Morgan fingerprint density at radius 1 is 1.12 bits per heavy atom. The largest absolute Gasteiger partial charge is 0.391 e. The van der Waals surface area contributed by atoms with Crippen LogP contribution in [-0.2, 0) is 9.59 Å². The number of aryl methyl sites for hydroxylation is 2. The molecule has 1 spiro atoms. The Kier molecular flexibility index (Phi) is 4.32. The number of carbonyl (C=O) groups is 2. The van der Waals surface area contributed by atoms with Crippen LogP contribution in [0.25, 0.3) is 0 Å². The summed E-state index contributed by atoms with van der Waals surface area (Å²) >= 11 is 0. The molecule has 1 aromatic rings. The Bertz CT molecular complexity index is 751. The molecule has 1 aliphatic carbocycles.